The molecule has 1 aliphatic heterocycles. The minimum atomic E-state index is -0.665. The van der Waals surface area contributed by atoms with Crippen LogP contribution in [-0.4, -0.2) is 18.4 Å². The summed E-state index contributed by atoms with van der Waals surface area (Å²) in [6.45, 7) is 6.46. The summed E-state index contributed by atoms with van der Waals surface area (Å²) in [5.41, 5.74) is 11.0. The van der Waals surface area contributed by atoms with Crippen molar-refractivity contribution < 1.29 is 9.59 Å². The molecule has 1 aliphatic rings. The smallest absolute Gasteiger partial charge is 0.239 e. The van der Waals surface area contributed by atoms with Gasteiger partial charge in [-0.15, -0.1) is 12.4 Å². The van der Waals surface area contributed by atoms with Gasteiger partial charge in [0.1, 0.15) is 5.92 Å². The van der Waals surface area contributed by atoms with Gasteiger partial charge in [0.05, 0.1) is 0 Å². The van der Waals surface area contributed by atoms with Gasteiger partial charge in [-0.05, 0) is 68.1 Å². The molecule has 2 amide bonds. The van der Waals surface area contributed by atoms with Crippen molar-refractivity contribution >= 4 is 41.3 Å². The number of halogens is 1. The summed E-state index contributed by atoms with van der Waals surface area (Å²) in [5, 5.41) is 2.85. The molecule has 1 heterocycles. The molecule has 0 radical (unpaired) electrons. The maximum atomic E-state index is 12.8. The number of aryl methyl sites for hydroxylation is 3. The van der Waals surface area contributed by atoms with Crippen molar-refractivity contribution in [3.63, 3.8) is 0 Å². The van der Waals surface area contributed by atoms with E-state index in [0.717, 1.165) is 22.4 Å². The largest absolute Gasteiger partial charge is 0.399 e. The summed E-state index contributed by atoms with van der Waals surface area (Å²) >= 11 is 0. The maximum Gasteiger partial charge on any atom is 0.239 e. The number of nitrogen functional groups attached to an aromatic ring is 1. The van der Waals surface area contributed by atoms with Crippen molar-refractivity contribution in [2.75, 3.05) is 22.5 Å². The number of anilines is 3. The highest BCUT2D eigenvalue weighted by Gasteiger charge is 2.37. The fourth-order valence-corrected chi connectivity index (χ4v) is 3.28. The van der Waals surface area contributed by atoms with Crippen LogP contribution >= 0.6 is 12.4 Å². The van der Waals surface area contributed by atoms with Crippen LogP contribution in [0.5, 0.6) is 0 Å². The Balaban J connectivity index is 0.00000243. The minimum absolute atomic E-state index is 0. The van der Waals surface area contributed by atoms with Gasteiger partial charge in [0.2, 0.25) is 11.8 Å². The Hall–Kier alpha value is -2.53. The number of nitrogens with two attached hydrogens (primary N) is 1. The van der Waals surface area contributed by atoms with Crippen molar-refractivity contribution in [1.82, 2.24) is 0 Å². The van der Waals surface area contributed by atoms with Crippen LogP contribution in [0.2, 0.25) is 0 Å². The molecule has 0 aromatic heterocycles. The lowest BCUT2D eigenvalue weighted by Crippen LogP contribution is -2.33. The van der Waals surface area contributed by atoms with Gasteiger partial charge >= 0.3 is 0 Å². The van der Waals surface area contributed by atoms with E-state index in [1.54, 1.807) is 17.0 Å². The number of nitrogens with zero attached hydrogens (tertiary/aromatic N) is 1. The molecule has 1 saturated heterocycles. The second-order valence-electron chi connectivity index (χ2n) is 6.74. The predicted octanol–water partition coefficient (Wildman–Crippen LogP) is 3.61. The van der Waals surface area contributed by atoms with Gasteiger partial charge in [-0.1, -0.05) is 12.1 Å². The van der Waals surface area contributed by atoms with E-state index in [0.29, 0.717) is 24.3 Å². The Kier molecular flexibility index (Phi) is 5.93. The molecular weight excluding hydrogens is 350 g/mol. The third kappa shape index (κ3) is 3.99. The van der Waals surface area contributed by atoms with Crippen LogP contribution in [0.15, 0.2) is 36.4 Å². The maximum absolute atomic E-state index is 12.8. The number of hydrogen-bond acceptors (Lipinski definition) is 3. The summed E-state index contributed by atoms with van der Waals surface area (Å²) in [6.07, 6.45) is 0.513. The second kappa shape index (κ2) is 7.79. The van der Waals surface area contributed by atoms with Gasteiger partial charge < -0.3 is 16.0 Å². The van der Waals surface area contributed by atoms with Gasteiger partial charge in [0, 0.05) is 23.6 Å². The average molecular weight is 374 g/mol. The molecule has 1 atom stereocenters. The lowest BCUT2D eigenvalue weighted by Gasteiger charge is -2.18. The van der Waals surface area contributed by atoms with Crippen molar-refractivity contribution in [2.45, 2.75) is 27.2 Å². The lowest BCUT2D eigenvalue weighted by atomic mass is 10.1. The van der Waals surface area contributed by atoms with E-state index < -0.39 is 5.92 Å². The number of hydrogen-bond donors (Lipinski definition) is 2. The molecule has 3 rings (SSSR count). The van der Waals surface area contributed by atoms with Crippen LogP contribution in [0.4, 0.5) is 17.1 Å². The highest BCUT2D eigenvalue weighted by atomic mass is 35.5. The summed E-state index contributed by atoms with van der Waals surface area (Å²) in [5.74, 6) is -1.09. The summed E-state index contributed by atoms with van der Waals surface area (Å²) in [6, 6.07) is 11.4. The number of carbonyl (C=O) groups excluding carboxylic acids is 2. The molecule has 26 heavy (non-hydrogen) atoms. The predicted molar refractivity (Wildman–Crippen MR) is 108 cm³/mol. The zero-order valence-electron chi connectivity index (χ0n) is 15.2. The first-order valence-electron chi connectivity index (χ1n) is 8.42. The Labute approximate surface area is 160 Å². The molecule has 0 saturated carbocycles. The molecule has 1 fully saturated rings. The molecule has 5 nitrogen and oxygen atoms in total. The van der Waals surface area contributed by atoms with Crippen molar-refractivity contribution in [3.05, 3.63) is 53.1 Å². The SMILES string of the molecule is Cc1cc(C)cc(N2CCC(C(=O)Nc3cc(N)ccc3C)C2=O)c1.Cl. The first kappa shape index (κ1) is 19.8. The van der Waals surface area contributed by atoms with Gasteiger partial charge in [-0.2, -0.15) is 0 Å². The Morgan fingerprint density at radius 2 is 1.77 bits per heavy atom. The molecular formula is C20H24ClN3O2. The Morgan fingerprint density at radius 1 is 1.12 bits per heavy atom. The number of benzene rings is 2. The van der Waals surface area contributed by atoms with E-state index in [9.17, 15) is 9.59 Å². The molecule has 138 valence electrons. The second-order valence-corrected chi connectivity index (χ2v) is 6.74. The van der Waals surface area contributed by atoms with E-state index in [4.69, 9.17) is 5.73 Å². The summed E-state index contributed by atoms with van der Waals surface area (Å²) in [4.78, 5) is 27.1. The monoisotopic (exact) mass is 373 g/mol. The molecule has 0 spiro atoms. The van der Waals surface area contributed by atoms with Crippen LogP contribution in [0, 0.1) is 26.7 Å². The van der Waals surface area contributed by atoms with E-state index in [1.807, 2.05) is 39.0 Å². The fraction of sp³-hybridized carbons (Fsp3) is 0.300. The molecule has 1 unspecified atom stereocenters. The van der Waals surface area contributed by atoms with E-state index in [1.165, 1.54) is 0 Å². The number of nitrogens with one attached hydrogen (secondary N) is 1. The van der Waals surface area contributed by atoms with Crippen molar-refractivity contribution in [3.8, 4) is 0 Å². The minimum Gasteiger partial charge on any atom is -0.399 e. The lowest BCUT2D eigenvalue weighted by molar-refractivity contribution is -0.129. The number of rotatable bonds is 3. The third-order valence-electron chi connectivity index (χ3n) is 4.56. The standard InChI is InChI=1S/C20H23N3O2.ClH/c1-12-8-13(2)10-16(9-12)23-7-6-17(20(23)25)19(24)22-18-11-15(21)5-4-14(18)3;/h4-5,8-11,17H,6-7,21H2,1-3H3,(H,22,24);1H. The Morgan fingerprint density at radius 3 is 2.42 bits per heavy atom. The van der Waals surface area contributed by atoms with Gasteiger partial charge in [0.25, 0.3) is 0 Å². The van der Waals surface area contributed by atoms with E-state index in [2.05, 4.69) is 11.4 Å². The highest BCUT2D eigenvalue weighted by molar-refractivity contribution is 6.13. The molecule has 6 heteroatoms. The molecule has 2 aromatic carbocycles. The summed E-state index contributed by atoms with van der Waals surface area (Å²) in [7, 11) is 0. The van der Waals surface area contributed by atoms with Crippen LogP contribution in [0.3, 0.4) is 0 Å². The topological polar surface area (TPSA) is 75.4 Å². The van der Waals surface area contributed by atoms with Crippen LogP contribution in [0.25, 0.3) is 0 Å². The van der Waals surface area contributed by atoms with E-state index >= 15 is 0 Å². The highest BCUT2D eigenvalue weighted by Crippen LogP contribution is 2.28. The van der Waals surface area contributed by atoms with Crippen LogP contribution in [-0.2, 0) is 9.59 Å². The zero-order chi connectivity index (χ0) is 18.1. The van der Waals surface area contributed by atoms with Gasteiger partial charge in [-0.3, -0.25) is 9.59 Å². The number of amides is 2. The van der Waals surface area contributed by atoms with Crippen LogP contribution in [0.1, 0.15) is 23.1 Å². The fourth-order valence-electron chi connectivity index (χ4n) is 3.28. The first-order chi connectivity index (χ1) is 11.8. The molecule has 2 aromatic rings. The number of carbonyl (C=O) groups is 2. The molecule has 3 N–H and O–H groups in total. The molecule has 0 bridgehead atoms. The average Bonchev–Trinajstić information content (AvgIpc) is 2.91. The van der Waals surface area contributed by atoms with E-state index in [-0.39, 0.29) is 24.2 Å². The molecule has 0 aliphatic carbocycles. The summed E-state index contributed by atoms with van der Waals surface area (Å²) < 4.78 is 0. The van der Waals surface area contributed by atoms with Crippen molar-refractivity contribution in [1.29, 1.82) is 0 Å². The third-order valence-corrected chi connectivity index (χ3v) is 4.56. The van der Waals surface area contributed by atoms with Gasteiger partial charge in [0.15, 0.2) is 0 Å². The zero-order valence-corrected chi connectivity index (χ0v) is 16.0. The van der Waals surface area contributed by atoms with Gasteiger partial charge in [-0.25, -0.2) is 0 Å². The quantitative estimate of drug-likeness (QED) is 0.637. The van der Waals surface area contributed by atoms with Crippen molar-refractivity contribution in [2.24, 2.45) is 5.92 Å². The normalized spacial score (nSPS) is 16.3. The first-order valence-corrected chi connectivity index (χ1v) is 8.42. The Bertz CT molecular complexity index is 831. The van der Waals surface area contributed by atoms with Crippen LogP contribution < -0.4 is 16.0 Å².